The van der Waals surface area contributed by atoms with Crippen LogP contribution in [0.4, 0.5) is 0 Å². The lowest BCUT2D eigenvalue weighted by molar-refractivity contribution is -0.143. The molecule has 0 aliphatic rings. The molecule has 0 spiro atoms. The number of esters is 2. The predicted octanol–water partition coefficient (Wildman–Crippen LogP) is 2.54. The number of nitrogens with one attached hydrogen (secondary N) is 1. The van der Waals surface area contributed by atoms with Crippen LogP contribution in [0.5, 0.6) is 0 Å². The monoisotopic (exact) mass is 411 g/mol. The second kappa shape index (κ2) is 9.50. The summed E-state index contributed by atoms with van der Waals surface area (Å²) in [6, 6.07) is 11.9. The number of rotatable bonds is 8. The van der Waals surface area contributed by atoms with Gasteiger partial charge in [0.25, 0.3) is 0 Å². The van der Waals surface area contributed by atoms with Gasteiger partial charge in [-0.1, -0.05) is 23.7 Å². The molecule has 0 unspecified atom stereocenters. The summed E-state index contributed by atoms with van der Waals surface area (Å²) in [6.45, 7) is 1.38. The molecule has 0 fully saturated rings. The Labute approximate surface area is 162 Å². The highest BCUT2D eigenvalue weighted by Crippen LogP contribution is 2.12. The van der Waals surface area contributed by atoms with E-state index in [0.29, 0.717) is 5.02 Å². The minimum absolute atomic E-state index is 0.00592. The van der Waals surface area contributed by atoms with Crippen LogP contribution in [0.25, 0.3) is 0 Å². The molecule has 0 aliphatic carbocycles. The van der Waals surface area contributed by atoms with Gasteiger partial charge in [0.1, 0.15) is 13.2 Å². The van der Waals surface area contributed by atoms with E-state index >= 15 is 0 Å². The van der Waals surface area contributed by atoms with Gasteiger partial charge in [-0.2, -0.15) is 4.72 Å². The van der Waals surface area contributed by atoms with Gasteiger partial charge in [-0.25, -0.2) is 13.2 Å². The molecule has 0 saturated heterocycles. The molecule has 9 heteroatoms. The summed E-state index contributed by atoms with van der Waals surface area (Å²) < 4.78 is 36.4. The Balaban J connectivity index is 1.88. The maximum absolute atomic E-state index is 12.2. The normalized spacial score (nSPS) is 11.0. The first-order valence-corrected chi connectivity index (χ1v) is 9.85. The van der Waals surface area contributed by atoms with E-state index in [1.165, 1.54) is 24.3 Å². The second-order valence-electron chi connectivity index (χ2n) is 5.36. The van der Waals surface area contributed by atoms with E-state index in [-0.39, 0.29) is 23.7 Å². The summed E-state index contributed by atoms with van der Waals surface area (Å²) in [7, 11) is -3.92. The predicted molar refractivity (Wildman–Crippen MR) is 98.8 cm³/mol. The second-order valence-corrected chi connectivity index (χ2v) is 7.56. The molecule has 1 N–H and O–H groups in total. The Hall–Kier alpha value is -2.42. The zero-order valence-corrected chi connectivity index (χ0v) is 16.0. The van der Waals surface area contributed by atoms with E-state index in [4.69, 9.17) is 21.1 Å². The Morgan fingerprint density at radius 2 is 1.63 bits per heavy atom. The largest absolute Gasteiger partial charge is 0.462 e. The molecular weight excluding hydrogens is 394 g/mol. The van der Waals surface area contributed by atoms with Gasteiger partial charge < -0.3 is 9.47 Å². The quantitative estimate of drug-likeness (QED) is 0.670. The topological polar surface area (TPSA) is 98.8 Å². The molecular formula is C18H18ClNO6S. The van der Waals surface area contributed by atoms with E-state index in [0.717, 1.165) is 5.56 Å². The number of hydrogen-bond acceptors (Lipinski definition) is 6. The summed E-state index contributed by atoms with van der Waals surface area (Å²) in [6.07, 6.45) is 0. The van der Waals surface area contributed by atoms with Gasteiger partial charge in [-0.05, 0) is 48.9 Å². The Bertz CT molecular complexity index is 894. The zero-order valence-electron chi connectivity index (χ0n) is 14.5. The van der Waals surface area contributed by atoms with Gasteiger partial charge in [0.15, 0.2) is 0 Å². The van der Waals surface area contributed by atoms with Crippen LogP contribution >= 0.6 is 11.6 Å². The average Bonchev–Trinajstić information content (AvgIpc) is 2.66. The third kappa shape index (κ3) is 6.35. The highest BCUT2D eigenvalue weighted by Gasteiger charge is 2.17. The van der Waals surface area contributed by atoms with Crippen molar-refractivity contribution in [2.75, 3.05) is 13.2 Å². The molecule has 2 rings (SSSR count). The molecule has 0 amide bonds. The van der Waals surface area contributed by atoms with Crippen molar-refractivity contribution in [1.82, 2.24) is 4.72 Å². The summed E-state index contributed by atoms with van der Waals surface area (Å²) in [5, 5.41) is 0.562. The van der Waals surface area contributed by atoms with Crippen molar-refractivity contribution in [3.63, 3.8) is 0 Å². The lowest BCUT2D eigenvalue weighted by Crippen LogP contribution is -2.30. The van der Waals surface area contributed by atoms with Gasteiger partial charge in [0.2, 0.25) is 10.0 Å². The van der Waals surface area contributed by atoms with E-state index in [1.807, 2.05) is 0 Å². The average molecular weight is 412 g/mol. The number of carbonyl (C=O) groups is 2. The molecule has 0 saturated carbocycles. The number of carbonyl (C=O) groups excluding carboxylic acids is 2. The van der Waals surface area contributed by atoms with Crippen LogP contribution in [0.1, 0.15) is 22.8 Å². The van der Waals surface area contributed by atoms with Crippen molar-refractivity contribution < 1.29 is 27.5 Å². The Kier molecular flexibility index (Phi) is 7.35. The SMILES string of the molecule is CCOC(=O)c1ccc(S(=O)(=O)NCC(=O)OCc2ccc(Cl)cc2)cc1. The molecule has 0 aliphatic heterocycles. The number of halogens is 1. The fraction of sp³-hybridized carbons (Fsp3) is 0.222. The Morgan fingerprint density at radius 1 is 1.00 bits per heavy atom. The minimum atomic E-state index is -3.92. The molecule has 0 aromatic heterocycles. The number of hydrogen-bond donors (Lipinski definition) is 1. The van der Waals surface area contributed by atoms with Crippen LogP contribution < -0.4 is 4.72 Å². The van der Waals surface area contributed by atoms with Crippen molar-refractivity contribution in [3.8, 4) is 0 Å². The lowest BCUT2D eigenvalue weighted by Gasteiger charge is -2.08. The molecule has 7 nitrogen and oxygen atoms in total. The van der Waals surface area contributed by atoms with Crippen LogP contribution in [-0.2, 0) is 30.9 Å². The van der Waals surface area contributed by atoms with Crippen molar-refractivity contribution in [2.45, 2.75) is 18.4 Å². The first kappa shape index (κ1) is 20.9. The summed E-state index contributed by atoms with van der Waals surface area (Å²) in [5.74, 6) is -1.27. The van der Waals surface area contributed by atoms with Gasteiger partial charge in [-0.3, -0.25) is 4.79 Å². The fourth-order valence-electron chi connectivity index (χ4n) is 2.02. The van der Waals surface area contributed by atoms with E-state index in [1.54, 1.807) is 31.2 Å². The van der Waals surface area contributed by atoms with Gasteiger partial charge >= 0.3 is 11.9 Å². The number of benzene rings is 2. The maximum atomic E-state index is 12.2. The smallest absolute Gasteiger partial charge is 0.338 e. The first-order chi connectivity index (χ1) is 12.8. The van der Waals surface area contributed by atoms with Crippen LogP contribution in [0, 0.1) is 0 Å². The maximum Gasteiger partial charge on any atom is 0.338 e. The third-order valence-corrected chi connectivity index (χ3v) is 5.06. The van der Waals surface area contributed by atoms with Crippen molar-refractivity contribution in [1.29, 1.82) is 0 Å². The highest BCUT2D eigenvalue weighted by molar-refractivity contribution is 7.89. The van der Waals surface area contributed by atoms with Crippen LogP contribution in [0.3, 0.4) is 0 Å². The van der Waals surface area contributed by atoms with Gasteiger partial charge in [0, 0.05) is 5.02 Å². The molecule has 0 radical (unpaired) electrons. The molecule has 27 heavy (non-hydrogen) atoms. The highest BCUT2D eigenvalue weighted by atomic mass is 35.5. The van der Waals surface area contributed by atoms with Crippen molar-refractivity contribution >= 4 is 33.6 Å². The number of ether oxygens (including phenoxy) is 2. The fourth-order valence-corrected chi connectivity index (χ4v) is 3.11. The van der Waals surface area contributed by atoms with Crippen LogP contribution in [0.2, 0.25) is 5.02 Å². The van der Waals surface area contributed by atoms with E-state index in [2.05, 4.69) is 4.72 Å². The molecule has 2 aromatic rings. The van der Waals surface area contributed by atoms with Crippen LogP contribution in [0.15, 0.2) is 53.4 Å². The number of sulfonamides is 1. The third-order valence-electron chi connectivity index (χ3n) is 3.40. The summed E-state index contributed by atoms with van der Waals surface area (Å²) in [4.78, 5) is 23.2. The lowest BCUT2D eigenvalue weighted by atomic mass is 10.2. The van der Waals surface area contributed by atoms with E-state index < -0.39 is 28.5 Å². The summed E-state index contributed by atoms with van der Waals surface area (Å²) >= 11 is 5.77. The van der Waals surface area contributed by atoms with Crippen molar-refractivity contribution in [2.24, 2.45) is 0 Å². The van der Waals surface area contributed by atoms with Gasteiger partial charge in [-0.15, -0.1) is 0 Å². The molecule has 144 valence electrons. The van der Waals surface area contributed by atoms with E-state index in [9.17, 15) is 18.0 Å². The minimum Gasteiger partial charge on any atom is -0.462 e. The molecule has 0 atom stereocenters. The standard InChI is InChI=1S/C18H18ClNO6S/c1-2-25-18(22)14-5-9-16(10-6-14)27(23,24)20-11-17(21)26-12-13-3-7-15(19)8-4-13/h3-10,20H,2,11-12H2,1H3. The molecule has 0 heterocycles. The Morgan fingerprint density at radius 3 is 2.22 bits per heavy atom. The molecule has 2 aromatic carbocycles. The van der Waals surface area contributed by atoms with Crippen molar-refractivity contribution in [3.05, 3.63) is 64.7 Å². The first-order valence-electron chi connectivity index (χ1n) is 7.98. The van der Waals surface area contributed by atoms with Crippen LogP contribution in [-0.4, -0.2) is 33.5 Å². The zero-order chi connectivity index (χ0) is 19.9. The molecule has 0 bridgehead atoms. The van der Waals surface area contributed by atoms with Gasteiger partial charge in [0.05, 0.1) is 17.1 Å². The summed E-state index contributed by atoms with van der Waals surface area (Å²) in [5.41, 5.74) is 0.961.